The molecule has 2 aliphatic rings. The van der Waals surface area contributed by atoms with Crippen LogP contribution in [0.1, 0.15) is 24.4 Å². The first-order chi connectivity index (χ1) is 15.1. The lowest BCUT2D eigenvalue weighted by atomic mass is 10.2. The Morgan fingerprint density at radius 1 is 1.16 bits per heavy atom. The van der Waals surface area contributed by atoms with Crippen LogP contribution in [-0.2, 0) is 19.6 Å². The van der Waals surface area contributed by atoms with E-state index in [-0.39, 0.29) is 42.5 Å². The lowest BCUT2D eigenvalue weighted by Gasteiger charge is -2.34. The van der Waals surface area contributed by atoms with Gasteiger partial charge in [0, 0.05) is 52.4 Å². The van der Waals surface area contributed by atoms with Crippen LogP contribution < -0.4 is 11.1 Å². The van der Waals surface area contributed by atoms with E-state index in [9.17, 15) is 18.0 Å². The predicted octanol–water partition coefficient (Wildman–Crippen LogP) is -0.842. The van der Waals surface area contributed by atoms with Gasteiger partial charge in [-0.05, 0) is 18.1 Å². The Labute approximate surface area is 188 Å². The zero-order chi connectivity index (χ0) is 23.3. The molecule has 2 fully saturated rings. The molecule has 12 heteroatoms. The summed E-state index contributed by atoms with van der Waals surface area (Å²) in [5, 5.41) is 2.62. The molecule has 11 nitrogen and oxygen atoms in total. The Kier molecular flexibility index (Phi) is 8.28. The van der Waals surface area contributed by atoms with Gasteiger partial charge in [0.05, 0.1) is 19.3 Å². The topological polar surface area (TPSA) is 138 Å². The van der Waals surface area contributed by atoms with Crippen molar-refractivity contribution in [3.8, 4) is 0 Å². The van der Waals surface area contributed by atoms with Crippen molar-refractivity contribution < 1.29 is 27.2 Å². The molecule has 32 heavy (non-hydrogen) atoms. The fourth-order valence-corrected chi connectivity index (χ4v) is 5.25. The van der Waals surface area contributed by atoms with Crippen molar-refractivity contribution in [3.05, 3.63) is 17.9 Å². The van der Waals surface area contributed by atoms with Crippen molar-refractivity contribution in [2.24, 2.45) is 11.7 Å². The average molecular weight is 472 g/mol. The molecule has 0 saturated carbocycles. The molecule has 2 amide bonds. The van der Waals surface area contributed by atoms with Crippen molar-refractivity contribution in [1.82, 2.24) is 19.4 Å². The van der Waals surface area contributed by atoms with E-state index in [2.05, 4.69) is 24.1 Å². The van der Waals surface area contributed by atoms with Crippen LogP contribution in [-0.4, -0.2) is 106 Å². The second-order valence-electron chi connectivity index (χ2n) is 8.61. The summed E-state index contributed by atoms with van der Waals surface area (Å²) >= 11 is 0. The zero-order valence-corrected chi connectivity index (χ0v) is 19.5. The highest BCUT2D eigenvalue weighted by Crippen LogP contribution is 2.20. The number of hydrogen-bond donors (Lipinski definition) is 2. The maximum atomic E-state index is 12.7. The number of carbonyl (C=O) groups is 2. The molecule has 1 atom stereocenters. The van der Waals surface area contributed by atoms with Crippen LogP contribution in [0.15, 0.2) is 21.6 Å². The van der Waals surface area contributed by atoms with Gasteiger partial charge in [-0.2, -0.15) is 4.31 Å². The zero-order valence-electron chi connectivity index (χ0n) is 18.7. The number of primary amides is 1. The number of carbonyl (C=O) groups excluding carboxylic acids is 2. The molecule has 0 radical (unpaired) electrons. The molecule has 2 aliphatic heterocycles. The third kappa shape index (κ3) is 6.51. The number of morpholine rings is 1. The van der Waals surface area contributed by atoms with Crippen LogP contribution in [0.5, 0.6) is 0 Å². The molecule has 1 aromatic rings. The third-order valence-corrected chi connectivity index (χ3v) is 7.26. The number of nitrogens with two attached hydrogens (primary N) is 1. The van der Waals surface area contributed by atoms with Gasteiger partial charge in [0.15, 0.2) is 5.76 Å². The van der Waals surface area contributed by atoms with Gasteiger partial charge in [-0.15, -0.1) is 0 Å². The number of amides is 2. The van der Waals surface area contributed by atoms with E-state index >= 15 is 0 Å². The number of nitrogens with zero attached hydrogens (tertiary/aromatic N) is 3. The van der Waals surface area contributed by atoms with Gasteiger partial charge >= 0.3 is 0 Å². The highest BCUT2D eigenvalue weighted by molar-refractivity contribution is 7.89. The van der Waals surface area contributed by atoms with E-state index in [0.29, 0.717) is 32.2 Å². The lowest BCUT2D eigenvalue weighted by Crippen LogP contribution is -2.52. The predicted molar refractivity (Wildman–Crippen MR) is 116 cm³/mol. The smallest absolute Gasteiger partial charge is 0.284 e. The second-order valence-corrected chi connectivity index (χ2v) is 10.5. The largest absolute Gasteiger partial charge is 0.438 e. The van der Waals surface area contributed by atoms with Crippen molar-refractivity contribution in [2.45, 2.75) is 25.0 Å². The lowest BCUT2D eigenvalue weighted by molar-refractivity contribution is -0.123. The van der Waals surface area contributed by atoms with E-state index in [0.717, 1.165) is 19.6 Å². The molecule has 0 aliphatic carbocycles. The Morgan fingerprint density at radius 2 is 1.88 bits per heavy atom. The van der Waals surface area contributed by atoms with Crippen LogP contribution in [0.25, 0.3) is 0 Å². The standard InChI is InChI=1S/C20H33N5O6S/c1-15(2)12-24-9-10-30-16(13-24)11-22-18(26)14-23-5-7-25(8-6-23)32(28,29)19-4-3-17(31-19)20(21)27/h3-4,15-16H,5-14H2,1-2H3,(H2,21,27)(H,22,26). The quantitative estimate of drug-likeness (QED) is 0.475. The van der Waals surface area contributed by atoms with Crippen molar-refractivity contribution in [2.75, 3.05) is 65.5 Å². The summed E-state index contributed by atoms with van der Waals surface area (Å²) in [4.78, 5) is 27.8. The van der Waals surface area contributed by atoms with Crippen molar-refractivity contribution in [1.29, 1.82) is 0 Å². The minimum atomic E-state index is -3.85. The van der Waals surface area contributed by atoms with Crippen molar-refractivity contribution in [3.63, 3.8) is 0 Å². The fourth-order valence-electron chi connectivity index (χ4n) is 3.92. The van der Waals surface area contributed by atoms with E-state index < -0.39 is 15.9 Å². The van der Waals surface area contributed by atoms with Gasteiger partial charge in [-0.3, -0.25) is 19.4 Å². The third-order valence-electron chi connectivity index (χ3n) is 5.49. The normalized spacial score (nSPS) is 21.7. The van der Waals surface area contributed by atoms with Crippen molar-refractivity contribution >= 4 is 21.8 Å². The summed E-state index contributed by atoms with van der Waals surface area (Å²) < 4.78 is 37.5. The molecule has 0 bridgehead atoms. The minimum absolute atomic E-state index is 0.0213. The summed E-state index contributed by atoms with van der Waals surface area (Å²) in [6.45, 7) is 9.70. The summed E-state index contributed by atoms with van der Waals surface area (Å²) in [5.74, 6) is -0.548. The Bertz CT molecular complexity index is 894. The van der Waals surface area contributed by atoms with Gasteiger partial charge in [0.1, 0.15) is 0 Å². The minimum Gasteiger partial charge on any atom is -0.438 e. The van der Waals surface area contributed by atoms with Crippen LogP contribution in [0.4, 0.5) is 0 Å². The van der Waals surface area contributed by atoms with Crippen LogP contribution in [0.2, 0.25) is 0 Å². The first-order valence-corrected chi connectivity index (χ1v) is 12.3. The maximum Gasteiger partial charge on any atom is 0.284 e. The van der Waals surface area contributed by atoms with E-state index in [1.54, 1.807) is 0 Å². The number of nitrogens with one attached hydrogen (secondary N) is 1. The van der Waals surface area contributed by atoms with E-state index in [4.69, 9.17) is 14.9 Å². The monoisotopic (exact) mass is 471 g/mol. The molecule has 180 valence electrons. The summed E-state index contributed by atoms with van der Waals surface area (Å²) in [5.41, 5.74) is 5.12. The molecule has 0 spiro atoms. The van der Waals surface area contributed by atoms with Crippen LogP contribution in [0.3, 0.4) is 0 Å². The summed E-state index contributed by atoms with van der Waals surface area (Å²) in [7, 11) is -3.85. The Morgan fingerprint density at radius 3 is 2.50 bits per heavy atom. The number of sulfonamides is 1. The molecule has 1 unspecified atom stereocenters. The molecule has 3 rings (SSSR count). The second kappa shape index (κ2) is 10.8. The van der Waals surface area contributed by atoms with E-state index in [1.807, 2.05) is 4.90 Å². The van der Waals surface area contributed by atoms with E-state index in [1.165, 1.54) is 16.4 Å². The maximum absolute atomic E-state index is 12.7. The number of piperazine rings is 1. The number of hydrogen-bond acceptors (Lipinski definition) is 8. The van der Waals surface area contributed by atoms with Crippen LogP contribution in [0, 0.1) is 5.92 Å². The first-order valence-electron chi connectivity index (χ1n) is 10.9. The fraction of sp³-hybridized carbons (Fsp3) is 0.700. The Hall–Kier alpha value is -1.99. The summed E-state index contributed by atoms with van der Waals surface area (Å²) in [6.07, 6.45) is -0.0213. The van der Waals surface area contributed by atoms with Gasteiger partial charge in [-0.1, -0.05) is 13.8 Å². The highest BCUT2D eigenvalue weighted by atomic mass is 32.2. The molecular weight excluding hydrogens is 438 g/mol. The molecular formula is C20H33N5O6S. The molecule has 2 saturated heterocycles. The molecule has 0 aromatic carbocycles. The number of ether oxygens (including phenoxy) is 1. The first kappa shape index (κ1) is 24.6. The highest BCUT2D eigenvalue weighted by Gasteiger charge is 2.32. The SMILES string of the molecule is CC(C)CN1CCOC(CNC(=O)CN2CCN(S(=O)(=O)c3ccc(C(N)=O)o3)CC2)C1. The van der Waals surface area contributed by atoms with Gasteiger partial charge in [-0.25, -0.2) is 8.42 Å². The van der Waals surface area contributed by atoms with Crippen LogP contribution >= 0.6 is 0 Å². The number of furan rings is 1. The summed E-state index contributed by atoms with van der Waals surface area (Å²) in [6, 6.07) is 2.47. The van der Waals surface area contributed by atoms with Gasteiger partial charge in [0.2, 0.25) is 11.0 Å². The Balaban J connectivity index is 1.41. The molecule has 1 aromatic heterocycles. The average Bonchev–Trinajstić information content (AvgIpc) is 3.24. The molecule has 3 N–H and O–H groups in total. The van der Waals surface area contributed by atoms with Gasteiger partial charge < -0.3 is 20.2 Å². The number of rotatable bonds is 9. The van der Waals surface area contributed by atoms with Gasteiger partial charge in [0.25, 0.3) is 15.9 Å². The molecule has 3 heterocycles.